The number of hydrogen-bond acceptors (Lipinski definition) is 18. The minimum atomic E-state index is -5.73. The molecule has 0 bridgehead atoms. The lowest BCUT2D eigenvalue weighted by Gasteiger charge is -2.32. The van der Waals surface area contributed by atoms with Crippen molar-refractivity contribution in [2.24, 2.45) is 10.8 Å². The van der Waals surface area contributed by atoms with Gasteiger partial charge < -0.3 is 67.0 Å². The number of aliphatic hydroxyl groups excluding tert-OH is 5. The third-order valence-corrected chi connectivity index (χ3v) is 7.91. The molecule has 0 saturated carbocycles. The molecular formula is C13H31N6O16P3. The highest BCUT2D eigenvalue weighted by Gasteiger charge is 2.43. The standard InChI is InChI=1S/C10H25O16P3.C3H6N6/c11-1-9(2-12,3-13)6-23-7-10(4-14,5-15)8-24-28(19,20)26-29(21,22)25-27(16,17)18;4-1-7-2(5)9-3(6)8-1/h11-15H,1-8H2,(H,19,20)(H,21,22)(H2,16,17,18);(H6,4,5,6,7,8,9). The Balaban J connectivity index is 0.00000127. The second-order valence-corrected chi connectivity index (χ2v) is 12.0. The normalized spacial score (nSPS) is 15.7. The quantitative estimate of drug-likeness (QED) is 0.0781. The predicted octanol–water partition coefficient (Wildman–Crippen LogP) is -4.10. The molecule has 2 atom stereocenters. The van der Waals surface area contributed by atoms with Crippen LogP contribution in [0, 0.1) is 10.8 Å². The van der Waals surface area contributed by atoms with Crippen LogP contribution in [0.3, 0.4) is 0 Å². The van der Waals surface area contributed by atoms with Crippen molar-refractivity contribution < 1.29 is 76.7 Å². The second kappa shape index (κ2) is 15.4. The molecule has 15 N–H and O–H groups in total. The molecule has 224 valence electrons. The molecule has 38 heavy (non-hydrogen) atoms. The average molecular weight is 620 g/mol. The molecule has 0 aromatic carbocycles. The Hall–Kier alpha value is -1.42. The molecule has 0 spiro atoms. The minimum absolute atomic E-state index is 0.0417. The van der Waals surface area contributed by atoms with Gasteiger partial charge in [0.25, 0.3) is 0 Å². The fourth-order valence-corrected chi connectivity index (χ4v) is 5.13. The first kappa shape index (κ1) is 36.6. The predicted molar refractivity (Wildman–Crippen MR) is 124 cm³/mol. The maximum absolute atomic E-state index is 11.7. The topological polar surface area (TPSA) is 387 Å². The number of nitrogens with two attached hydrogens (primary N) is 3. The molecule has 0 fully saturated rings. The van der Waals surface area contributed by atoms with E-state index in [1.54, 1.807) is 0 Å². The van der Waals surface area contributed by atoms with Crippen LogP contribution >= 0.6 is 23.5 Å². The molecule has 0 saturated heterocycles. The van der Waals surface area contributed by atoms with Gasteiger partial charge in [0.15, 0.2) is 0 Å². The molecule has 1 rings (SSSR count). The van der Waals surface area contributed by atoms with Gasteiger partial charge in [0.05, 0.1) is 63.7 Å². The summed E-state index contributed by atoms with van der Waals surface area (Å²) in [7, 11) is -16.8. The van der Waals surface area contributed by atoms with Gasteiger partial charge >= 0.3 is 23.5 Å². The summed E-state index contributed by atoms with van der Waals surface area (Å²) in [5, 5.41) is 46.5. The van der Waals surface area contributed by atoms with E-state index < -0.39 is 87.2 Å². The van der Waals surface area contributed by atoms with Gasteiger partial charge in [-0.05, 0) is 0 Å². The molecule has 0 aliphatic rings. The summed E-state index contributed by atoms with van der Waals surface area (Å²) in [6.45, 7) is -5.92. The highest BCUT2D eigenvalue weighted by Crippen LogP contribution is 2.66. The Morgan fingerprint density at radius 3 is 1.32 bits per heavy atom. The van der Waals surface area contributed by atoms with E-state index in [2.05, 4.69) is 28.1 Å². The number of nitrogens with zero attached hydrogens (tertiary/aromatic N) is 3. The molecular weight excluding hydrogens is 589 g/mol. The van der Waals surface area contributed by atoms with Crippen molar-refractivity contribution in [3.8, 4) is 0 Å². The first-order valence-electron chi connectivity index (χ1n) is 9.74. The Morgan fingerprint density at radius 2 is 0.974 bits per heavy atom. The molecule has 22 nitrogen and oxygen atoms in total. The molecule has 25 heteroatoms. The summed E-state index contributed by atoms with van der Waals surface area (Å²) in [4.78, 5) is 45.8. The lowest BCUT2D eigenvalue weighted by atomic mass is 9.91. The van der Waals surface area contributed by atoms with Crippen molar-refractivity contribution in [1.29, 1.82) is 0 Å². The van der Waals surface area contributed by atoms with Gasteiger partial charge in [-0.2, -0.15) is 23.6 Å². The highest BCUT2D eigenvalue weighted by molar-refractivity contribution is 7.66. The fraction of sp³-hybridized carbons (Fsp3) is 0.769. The average Bonchev–Trinajstić information content (AvgIpc) is 2.76. The van der Waals surface area contributed by atoms with Crippen LogP contribution in [0.15, 0.2) is 0 Å². The van der Waals surface area contributed by atoms with E-state index in [1.165, 1.54) is 0 Å². The van der Waals surface area contributed by atoms with E-state index in [4.69, 9.17) is 36.6 Å². The monoisotopic (exact) mass is 620 g/mol. The molecule has 1 aromatic rings. The van der Waals surface area contributed by atoms with Gasteiger partial charge in [-0.1, -0.05) is 0 Å². The van der Waals surface area contributed by atoms with E-state index in [1.807, 2.05) is 0 Å². The Bertz CT molecular complexity index is 947. The summed E-state index contributed by atoms with van der Waals surface area (Å²) < 4.78 is 50.0. The van der Waals surface area contributed by atoms with Gasteiger partial charge in [-0.3, -0.25) is 4.52 Å². The summed E-state index contributed by atoms with van der Waals surface area (Å²) in [5.41, 5.74) is 12.2. The summed E-state index contributed by atoms with van der Waals surface area (Å²) >= 11 is 0. The zero-order valence-electron chi connectivity index (χ0n) is 19.5. The van der Waals surface area contributed by atoms with E-state index in [9.17, 15) is 44.1 Å². The van der Waals surface area contributed by atoms with Crippen LogP contribution in [0.2, 0.25) is 0 Å². The fourth-order valence-electron chi connectivity index (χ4n) is 1.99. The largest absolute Gasteiger partial charge is 0.490 e. The van der Waals surface area contributed by atoms with Crippen LogP contribution in [0.1, 0.15) is 0 Å². The lowest BCUT2D eigenvalue weighted by molar-refractivity contribution is -0.102. The lowest BCUT2D eigenvalue weighted by Crippen LogP contribution is -2.43. The summed E-state index contributed by atoms with van der Waals surface area (Å²) in [6, 6.07) is 0. The number of aliphatic hydroxyl groups is 5. The first-order valence-corrected chi connectivity index (χ1v) is 14.3. The Morgan fingerprint density at radius 1 is 0.605 bits per heavy atom. The van der Waals surface area contributed by atoms with Crippen LogP contribution < -0.4 is 17.2 Å². The third-order valence-electron chi connectivity index (χ3n) is 4.13. The summed E-state index contributed by atoms with van der Waals surface area (Å²) in [5.74, 6) is 0.125. The van der Waals surface area contributed by atoms with Crippen LogP contribution in [0.5, 0.6) is 0 Å². The number of anilines is 3. The molecule has 1 heterocycles. The van der Waals surface area contributed by atoms with Crippen molar-refractivity contribution in [2.75, 3.05) is 70.1 Å². The van der Waals surface area contributed by atoms with Crippen LogP contribution in [0.4, 0.5) is 17.8 Å². The molecule has 0 aliphatic carbocycles. The molecule has 1 aromatic heterocycles. The van der Waals surface area contributed by atoms with E-state index in [0.29, 0.717) is 0 Å². The van der Waals surface area contributed by atoms with Gasteiger partial charge in [0, 0.05) is 0 Å². The number of ether oxygens (including phenoxy) is 1. The minimum Gasteiger partial charge on any atom is -0.396 e. The molecule has 0 radical (unpaired) electrons. The Kier molecular flexibility index (Phi) is 14.8. The number of aromatic nitrogens is 3. The zero-order chi connectivity index (χ0) is 29.8. The Labute approximate surface area is 214 Å². The highest BCUT2D eigenvalue weighted by atomic mass is 31.3. The number of phosphoric acid groups is 3. The molecule has 0 aliphatic heterocycles. The second-order valence-electron chi connectivity index (χ2n) is 7.56. The van der Waals surface area contributed by atoms with Crippen LogP contribution in [-0.4, -0.2) is 113 Å². The van der Waals surface area contributed by atoms with Gasteiger partial charge in [0.1, 0.15) is 0 Å². The smallest absolute Gasteiger partial charge is 0.396 e. The van der Waals surface area contributed by atoms with Gasteiger partial charge in [-0.15, -0.1) is 0 Å². The first-order chi connectivity index (χ1) is 17.3. The van der Waals surface area contributed by atoms with E-state index in [0.717, 1.165) is 0 Å². The van der Waals surface area contributed by atoms with Gasteiger partial charge in [-0.25, -0.2) is 13.7 Å². The van der Waals surface area contributed by atoms with E-state index >= 15 is 0 Å². The third kappa shape index (κ3) is 14.1. The number of phosphoric ester groups is 1. The maximum atomic E-state index is 11.7. The van der Waals surface area contributed by atoms with Crippen molar-refractivity contribution in [2.45, 2.75) is 0 Å². The molecule has 0 amide bonds. The van der Waals surface area contributed by atoms with Crippen molar-refractivity contribution in [3.63, 3.8) is 0 Å². The zero-order valence-corrected chi connectivity index (χ0v) is 22.1. The summed E-state index contributed by atoms with van der Waals surface area (Å²) in [6.07, 6.45) is 0. The SMILES string of the molecule is Nc1nc(N)nc(N)n1.O=P(O)(O)OP(=O)(O)OP(=O)(O)OCC(CO)(CO)COCC(CO)(CO)CO. The number of rotatable bonds is 16. The molecule has 2 unspecified atom stereocenters. The van der Waals surface area contributed by atoms with Crippen molar-refractivity contribution in [1.82, 2.24) is 15.0 Å². The van der Waals surface area contributed by atoms with Crippen LogP contribution in [-0.2, 0) is 31.6 Å². The number of nitrogen functional groups attached to an aromatic ring is 3. The van der Waals surface area contributed by atoms with Crippen LogP contribution in [0.25, 0.3) is 0 Å². The van der Waals surface area contributed by atoms with Gasteiger partial charge in [0.2, 0.25) is 17.8 Å². The van der Waals surface area contributed by atoms with Crippen molar-refractivity contribution in [3.05, 3.63) is 0 Å². The van der Waals surface area contributed by atoms with Crippen molar-refractivity contribution >= 4 is 41.3 Å². The van der Waals surface area contributed by atoms with E-state index in [-0.39, 0.29) is 17.8 Å². The number of hydrogen-bond donors (Lipinski definition) is 12. The maximum Gasteiger partial charge on any atom is 0.490 e.